The molecule has 14 heavy (non-hydrogen) atoms. The lowest BCUT2D eigenvalue weighted by atomic mass is 10.2. The lowest BCUT2D eigenvalue weighted by Gasteiger charge is -2.18. The maximum Gasteiger partial charge on any atom is 0.126 e. The quantitative estimate of drug-likeness (QED) is 0.877. The number of hydrogen-bond donors (Lipinski definition) is 2. The zero-order chi connectivity index (χ0) is 10.7. The van der Waals surface area contributed by atoms with Gasteiger partial charge in [-0.1, -0.05) is 15.9 Å². The Balaban J connectivity index is 2.76. The smallest absolute Gasteiger partial charge is 0.126 e. The second-order valence-corrected chi connectivity index (χ2v) is 4.37. The van der Waals surface area contributed by atoms with E-state index in [-0.39, 0.29) is 17.9 Å². The van der Waals surface area contributed by atoms with Gasteiger partial charge >= 0.3 is 0 Å². The van der Waals surface area contributed by atoms with Crippen LogP contribution in [0.5, 0.6) is 0 Å². The third-order valence-corrected chi connectivity index (χ3v) is 2.50. The summed E-state index contributed by atoms with van der Waals surface area (Å²) in [7, 11) is 0. The minimum atomic E-state index is -0.265. The molecule has 2 unspecified atom stereocenters. The molecule has 3 N–H and O–H groups in total. The van der Waals surface area contributed by atoms with Gasteiger partial charge in [0.05, 0.1) is 0 Å². The van der Waals surface area contributed by atoms with Crippen molar-refractivity contribution in [3.8, 4) is 0 Å². The van der Waals surface area contributed by atoms with Crippen molar-refractivity contribution in [3.63, 3.8) is 0 Å². The number of nitrogens with one attached hydrogen (secondary N) is 1. The maximum absolute atomic E-state index is 13.0. The van der Waals surface area contributed by atoms with Crippen LogP contribution in [0.2, 0.25) is 0 Å². The van der Waals surface area contributed by atoms with Gasteiger partial charge in [-0.25, -0.2) is 4.39 Å². The molecule has 0 spiro atoms. The van der Waals surface area contributed by atoms with Crippen molar-refractivity contribution in [2.75, 3.05) is 5.32 Å². The van der Waals surface area contributed by atoms with Gasteiger partial charge in [0.2, 0.25) is 0 Å². The van der Waals surface area contributed by atoms with Crippen LogP contribution < -0.4 is 11.1 Å². The molecule has 0 saturated heterocycles. The van der Waals surface area contributed by atoms with Gasteiger partial charge in [0, 0.05) is 22.2 Å². The molecule has 78 valence electrons. The number of anilines is 1. The van der Waals surface area contributed by atoms with Crippen LogP contribution in [0.4, 0.5) is 10.1 Å². The molecule has 0 bridgehead atoms. The number of nitrogens with two attached hydrogens (primary N) is 1. The molecular weight excluding hydrogens is 247 g/mol. The highest BCUT2D eigenvalue weighted by atomic mass is 79.9. The van der Waals surface area contributed by atoms with Gasteiger partial charge < -0.3 is 11.1 Å². The van der Waals surface area contributed by atoms with E-state index in [1.807, 2.05) is 19.9 Å². The average molecular weight is 261 g/mol. The van der Waals surface area contributed by atoms with Crippen molar-refractivity contribution in [2.24, 2.45) is 5.73 Å². The maximum atomic E-state index is 13.0. The van der Waals surface area contributed by atoms with E-state index in [1.165, 1.54) is 12.1 Å². The van der Waals surface area contributed by atoms with E-state index < -0.39 is 0 Å². The van der Waals surface area contributed by atoms with Gasteiger partial charge in [0.25, 0.3) is 0 Å². The predicted octanol–water partition coefficient (Wildman–Crippen LogP) is 2.74. The molecule has 0 saturated carbocycles. The highest BCUT2D eigenvalue weighted by Crippen LogP contribution is 2.19. The fourth-order valence-electron chi connectivity index (χ4n) is 1.03. The Morgan fingerprint density at radius 3 is 2.50 bits per heavy atom. The second-order valence-electron chi connectivity index (χ2n) is 3.45. The van der Waals surface area contributed by atoms with Crippen molar-refractivity contribution in [1.29, 1.82) is 0 Å². The fourth-order valence-corrected chi connectivity index (χ4v) is 1.50. The molecule has 0 aromatic heterocycles. The lowest BCUT2D eigenvalue weighted by Crippen LogP contribution is -2.35. The van der Waals surface area contributed by atoms with E-state index in [4.69, 9.17) is 5.73 Å². The highest BCUT2D eigenvalue weighted by molar-refractivity contribution is 9.10. The largest absolute Gasteiger partial charge is 0.381 e. The summed E-state index contributed by atoms with van der Waals surface area (Å²) in [4.78, 5) is 0. The van der Waals surface area contributed by atoms with Crippen LogP contribution in [0, 0.1) is 5.82 Å². The summed E-state index contributed by atoms with van der Waals surface area (Å²) in [6.07, 6.45) is 0. The zero-order valence-corrected chi connectivity index (χ0v) is 9.81. The van der Waals surface area contributed by atoms with Crippen LogP contribution in [-0.4, -0.2) is 12.1 Å². The van der Waals surface area contributed by atoms with E-state index in [2.05, 4.69) is 21.2 Å². The highest BCUT2D eigenvalue weighted by Gasteiger charge is 2.07. The van der Waals surface area contributed by atoms with Crippen molar-refractivity contribution in [1.82, 2.24) is 0 Å². The van der Waals surface area contributed by atoms with Crippen LogP contribution in [0.1, 0.15) is 13.8 Å². The molecule has 0 aliphatic rings. The summed E-state index contributed by atoms with van der Waals surface area (Å²) in [6.45, 7) is 3.87. The van der Waals surface area contributed by atoms with Gasteiger partial charge in [0.15, 0.2) is 0 Å². The number of halogens is 2. The van der Waals surface area contributed by atoms with Gasteiger partial charge in [-0.2, -0.15) is 0 Å². The molecule has 1 aromatic rings. The van der Waals surface area contributed by atoms with E-state index in [0.717, 1.165) is 10.2 Å². The first-order chi connectivity index (χ1) is 6.49. The Hall–Kier alpha value is -0.610. The first-order valence-corrected chi connectivity index (χ1v) is 5.26. The Kier molecular flexibility index (Phi) is 3.89. The third-order valence-electron chi connectivity index (χ3n) is 2.05. The van der Waals surface area contributed by atoms with E-state index >= 15 is 0 Å². The van der Waals surface area contributed by atoms with Crippen molar-refractivity contribution in [2.45, 2.75) is 25.9 Å². The normalized spacial score (nSPS) is 14.9. The lowest BCUT2D eigenvalue weighted by molar-refractivity contribution is 0.621. The Bertz CT molecular complexity index is 295. The molecule has 0 aliphatic carbocycles. The van der Waals surface area contributed by atoms with Crippen molar-refractivity contribution >= 4 is 21.6 Å². The molecule has 4 heteroatoms. The monoisotopic (exact) mass is 260 g/mol. The fraction of sp³-hybridized carbons (Fsp3) is 0.400. The second kappa shape index (κ2) is 4.75. The minimum Gasteiger partial charge on any atom is -0.381 e. The molecule has 0 radical (unpaired) electrons. The summed E-state index contributed by atoms with van der Waals surface area (Å²) >= 11 is 3.23. The molecule has 2 nitrogen and oxygen atoms in total. The van der Waals surface area contributed by atoms with Crippen LogP contribution in [0.3, 0.4) is 0 Å². The van der Waals surface area contributed by atoms with E-state index in [9.17, 15) is 4.39 Å². The topological polar surface area (TPSA) is 38.0 Å². The zero-order valence-electron chi connectivity index (χ0n) is 8.22. The molecule has 1 aromatic carbocycles. The summed E-state index contributed by atoms with van der Waals surface area (Å²) in [6, 6.07) is 4.83. The van der Waals surface area contributed by atoms with Gasteiger partial charge in [0.1, 0.15) is 5.82 Å². The first kappa shape index (κ1) is 11.5. The SMILES string of the molecule is CC(N)C(C)Nc1cc(F)cc(Br)c1. The average Bonchev–Trinajstić information content (AvgIpc) is 2.01. The minimum absolute atomic E-state index is 0.0250. The summed E-state index contributed by atoms with van der Waals surface area (Å²) in [5.74, 6) is -0.265. The van der Waals surface area contributed by atoms with E-state index in [0.29, 0.717) is 0 Å². The summed E-state index contributed by atoms with van der Waals surface area (Å²) in [5.41, 5.74) is 6.43. The summed E-state index contributed by atoms with van der Waals surface area (Å²) in [5, 5.41) is 3.13. The first-order valence-electron chi connectivity index (χ1n) is 4.47. The van der Waals surface area contributed by atoms with Gasteiger partial charge in [-0.05, 0) is 32.0 Å². The molecular formula is C10H14BrFN2. The summed E-state index contributed by atoms with van der Waals surface area (Å²) < 4.78 is 13.7. The molecule has 1 rings (SSSR count). The standard InChI is InChI=1S/C10H14BrFN2/c1-6(13)7(2)14-10-4-8(11)3-9(12)5-10/h3-7,14H,13H2,1-2H3. The number of benzene rings is 1. The molecule has 0 heterocycles. The Morgan fingerprint density at radius 1 is 1.36 bits per heavy atom. The van der Waals surface area contributed by atoms with Crippen molar-refractivity contribution in [3.05, 3.63) is 28.5 Å². The molecule has 0 amide bonds. The van der Waals surface area contributed by atoms with Crippen LogP contribution in [0.25, 0.3) is 0 Å². The van der Waals surface area contributed by atoms with E-state index in [1.54, 1.807) is 0 Å². The molecule has 0 fully saturated rings. The molecule has 0 aliphatic heterocycles. The number of hydrogen-bond acceptors (Lipinski definition) is 2. The third kappa shape index (κ3) is 3.27. The number of rotatable bonds is 3. The van der Waals surface area contributed by atoms with Gasteiger partial charge in [-0.15, -0.1) is 0 Å². The van der Waals surface area contributed by atoms with Crippen LogP contribution in [0.15, 0.2) is 22.7 Å². The van der Waals surface area contributed by atoms with Gasteiger partial charge in [-0.3, -0.25) is 0 Å². The van der Waals surface area contributed by atoms with Crippen LogP contribution in [-0.2, 0) is 0 Å². The van der Waals surface area contributed by atoms with Crippen molar-refractivity contribution < 1.29 is 4.39 Å². The Morgan fingerprint density at radius 2 is 2.00 bits per heavy atom. The van der Waals surface area contributed by atoms with Crippen LogP contribution >= 0.6 is 15.9 Å². The predicted molar refractivity (Wildman–Crippen MR) is 60.8 cm³/mol. The molecule has 2 atom stereocenters. The Labute approximate surface area is 91.8 Å².